The van der Waals surface area contributed by atoms with Crippen LogP contribution in [0.15, 0.2) is 24.3 Å². The van der Waals surface area contributed by atoms with Gasteiger partial charge in [-0.05, 0) is 25.1 Å². The summed E-state index contributed by atoms with van der Waals surface area (Å²) >= 11 is 6.14. The molecule has 1 saturated heterocycles. The van der Waals surface area contributed by atoms with Crippen LogP contribution in [0.3, 0.4) is 0 Å². The van der Waals surface area contributed by atoms with Crippen LogP contribution in [-0.4, -0.2) is 34.3 Å². The second-order valence-electron chi connectivity index (χ2n) is 5.98. The molecule has 1 aromatic carbocycles. The van der Waals surface area contributed by atoms with Crippen LogP contribution in [0.1, 0.15) is 29.8 Å². The molecule has 0 atom stereocenters. The molecule has 25 heavy (non-hydrogen) atoms. The number of nitriles is 1. The van der Waals surface area contributed by atoms with Gasteiger partial charge in [0.25, 0.3) is 0 Å². The predicted molar refractivity (Wildman–Crippen MR) is 94.7 cm³/mol. The normalized spacial score (nSPS) is 15.0. The highest BCUT2D eigenvalue weighted by Crippen LogP contribution is 2.27. The van der Waals surface area contributed by atoms with Gasteiger partial charge in [-0.15, -0.1) is 0 Å². The van der Waals surface area contributed by atoms with Crippen LogP contribution in [0.2, 0.25) is 5.15 Å². The zero-order valence-corrected chi connectivity index (χ0v) is 14.7. The van der Waals surface area contributed by atoms with Crippen LogP contribution in [0.25, 0.3) is 0 Å². The Hall–Kier alpha value is -2.36. The van der Waals surface area contributed by atoms with E-state index >= 15 is 0 Å². The summed E-state index contributed by atoms with van der Waals surface area (Å²) in [5.41, 5.74) is 1.41. The van der Waals surface area contributed by atoms with Gasteiger partial charge in [0, 0.05) is 31.5 Å². The molecule has 130 valence electrons. The summed E-state index contributed by atoms with van der Waals surface area (Å²) in [5, 5.41) is 18.6. The zero-order valence-electron chi connectivity index (χ0n) is 13.9. The van der Waals surface area contributed by atoms with Gasteiger partial charge in [-0.25, -0.2) is 9.97 Å². The van der Waals surface area contributed by atoms with Crippen molar-refractivity contribution in [1.29, 1.82) is 5.26 Å². The van der Waals surface area contributed by atoms with E-state index in [0.717, 1.165) is 43.1 Å². The summed E-state index contributed by atoms with van der Waals surface area (Å²) < 4.78 is 6.00. The van der Waals surface area contributed by atoms with Gasteiger partial charge in [-0.3, -0.25) is 0 Å². The van der Waals surface area contributed by atoms with Crippen LogP contribution in [0.4, 0.5) is 5.82 Å². The maximum atomic E-state index is 9.28. The number of benzene rings is 1. The van der Waals surface area contributed by atoms with Crippen molar-refractivity contribution in [2.75, 3.05) is 18.0 Å². The van der Waals surface area contributed by atoms with Crippen molar-refractivity contribution >= 4 is 17.4 Å². The summed E-state index contributed by atoms with van der Waals surface area (Å²) in [6, 6.07) is 9.33. The van der Waals surface area contributed by atoms with Gasteiger partial charge in [0.2, 0.25) is 0 Å². The molecule has 2 aromatic rings. The van der Waals surface area contributed by atoms with E-state index < -0.39 is 0 Å². The number of hydrogen-bond acceptors (Lipinski definition) is 6. The average Bonchev–Trinajstić information content (AvgIpc) is 2.65. The van der Waals surface area contributed by atoms with Gasteiger partial charge < -0.3 is 14.7 Å². The SMILES string of the molecule is Cc1c(Cl)nc(CO)nc1N1CCC(Oc2cccc(C#N)c2)CC1. The molecular formula is C18H19ClN4O2. The van der Waals surface area contributed by atoms with E-state index in [2.05, 4.69) is 20.9 Å². The lowest BCUT2D eigenvalue weighted by Crippen LogP contribution is -2.39. The number of ether oxygens (including phenoxy) is 1. The number of aromatic nitrogens is 2. The summed E-state index contributed by atoms with van der Waals surface area (Å²) in [7, 11) is 0. The van der Waals surface area contributed by atoms with Crippen LogP contribution < -0.4 is 9.64 Å². The van der Waals surface area contributed by atoms with E-state index in [0.29, 0.717) is 16.5 Å². The molecule has 1 aromatic heterocycles. The molecule has 6 nitrogen and oxygen atoms in total. The summed E-state index contributed by atoms with van der Waals surface area (Å²) in [6.07, 6.45) is 1.78. The Kier molecular flexibility index (Phi) is 5.37. The first-order chi connectivity index (χ1) is 12.1. The number of aliphatic hydroxyl groups is 1. The Morgan fingerprint density at radius 1 is 1.36 bits per heavy atom. The first kappa shape index (κ1) is 17.5. The van der Waals surface area contributed by atoms with E-state index in [-0.39, 0.29) is 12.7 Å². The lowest BCUT2D eigenvalue weighted by Gasteiger charge is -2.33. The van der Waals surface area contributed by atoms with Gasteiger partial charge in [0.15, 0.2) is 5.82 Å². The van der Waals surface area contributed by atoms with E-state index in [4.69, 9.17) is 21.6 Å². The Morgan fingerprint density at radius 3 is 2.80 bits per heavy atom. The highest BCUT2D eigenvalue weighted by Gasteiger charge is 2.24. The number of anilines is 1. The molecule has 0 saturated carbocycles. The fourth-order valence-corrected chi connectivity index (χ4v) is 3.10. The molecule has 0 radical (unpaired) electrons. The number of nitrogens with zero attached hydrogens (tertiary/aromatic N) is 4. The summed E-state index contributed by atoms with van der Waals surface area (Å²) in [4.78, 5) is 10.6. The van der Waals surface area contributed by atoms with Gasteiger partial charge in [-0.2, -0.15) is 5.26 Å². The van der Waals surface area contributed by atoms with Gasteiger partial charge in [-0.1, -0.05) is 17.7 Å². The Labute approximate surface area is 151 Å². The molecule has 1 aliphatic rings. The molecule has 0 spiro atoms. The molecular weight excluding hydrogens is 340 g/mol. The summed E-state index contributed by atoms with van der Waals surface area (Å²) in [6.45, 7) is 3.21. The average molecular weight is 359 g/mol. The minimum atomic E-state index is -0.234. The Bertz CT molecular complexity index is 798. The van der Waals surface area contributed by atoms with E-state index in [9.17, 15) is 5.11 Å². The second kappa shape index (κ2) is 7.68. The molecule has 0 aliphatic carbocycles. The van der Waals surface area contributed by atoms with Crippen molar-refractivity contribution < 1.29 is 9.84 Å². The largest absolute Gasteiger partial charge is 0.490 e. The Balaban J connectivity index is 1.66. The van der Waals surface area contributed by atoms with Crippen LogP contribution >= 0.6 is 11.6 Å². The molecule has 1 N–H and O–H groups in total. The van der Waals surface area contributed by atoms with Crippen LogP contribution in [0, 0.1) is 18.3 Å². The number of halogens is 1. The monoisotopic (exact) mass is 358 g/mol. The van der Waals surface area contributed by atoms with Crippen LogP contribution in [0.5, 0.6) is 5.75 Å². The Morgan fingerprint density at radius 2 is 2.12 bits per heavy atom. The number of aliphatic hydroxyl groups excluding tert-OH is 1. The molecule has 1 aliphatic heterocycles. The van der Waals surface area contributed by atoms with Crippen molar-refractivity contribution in [2.45, 2.75) is 32.5 Å². The quantitative estimate of drug-likeness (QED) is 0.846. The third-order valence-corrected chi connectivity index (χ3v) is 4.62. The molecule has 2 heterocycles. The fraction of sp³-hybridized carbons (Fsp3) is 0.389. The molecule has 0 amide bonds. The topological polar surface area (TPSA) is 82.3 Å². The zero-order chi connectivity index (χ0) is 17.8. The minimum Gasteiger partial charge on any atom is -0.490 e. The third-order valence-electron chi connectivity index (χ3n) is 4.26. The van der Waals surface area contributed by atoms with Gasteiger partial charge >= 0.3 is 0 Å². The molecule has 0 unspecified atom stereocenters. The molecule has 3 rings (SSSR count). The maximum absolute atomic E-state index is 9.28. The highest BCUT2D eigenvalue weighted by molar-refractivity contribution is 6.30. The van der Waals surface area contributed by atoms with Crippen molar-refractivity contribution in [1.82, 2.24) is 9.97 Å². The highest BCUT2D eigenvalue weighted by atomic mass is 35.5. The fourth-order valence-electron chi connectivity index (χ4n) is 2.92. The van der Waals surface area contributed by atoms with Gasteiger partial charge in [0.05, 0.1) is 11.6 Å². The van der Waals surface area contributed by atoms with Crippen molar-refractivity contribution in [2.24, 2.45) is 0 Å². The summed E-state index contributed by atoms with van der Waals surface area (Å²) in [5.74, 6) is 1.83. The van der Waals surface area contributed by atoms with E-state index in [1.807, 2.05) is 19.1 Å². The lowest BCUT2D eigenvalue weighted by molar-refractivity contribution is 0.170. The first-order valence-electron chi connectivity index (χ1n) is 8.16. The third kappa shape index (κ3) is 4.01. The number of rotatable bonds is 4. The molecule has 1 fully saturated rings. The first-order valence-corrected chi connectivity index (χ1v) is 8.54. The minimum absolute atomic E-state index is 0.0973. The second-order valence-corrected chi connectivity index (χ2v) is 6.34. The lowest BCUT2D eigenvalue weighted by atomic mass is 10.1. The van der Waals surface area contributed by atoms with Crippen molar-refractivity contribution in [3.63, 3.8) is 0 Å². The van der Waals surface area contributed by atoms with E-state index in [1.165, 1.54) is 0 Å². The standard InChI is InChI=1S/C18H19ClN4O2/c1-12-17(19)21-16(11-24)22-18(12)23-7-5-14(6-8-23)25-15-4-2-3-13(9-15)10-20/h2-4,9,14,24H,5-8,11H2,1H3. The molecule has 7 heteroatoms. The van der Waals surface area contributed by atoms with Crippen LogP contribution in [-0.2, 0) is 6.61 Å². The number of piperidine rings is 1. The predicted octanol–water partition coefficient (Wildman–Crippen LogP) is 2.85. The smallest absolute Gasteiger partial charge is 0.157 e. The number of hydrogen-bond donors (Lipinski definition) is 1. The van der Waals surface area contributed by atoms with E-state index in [1.54, 1.807) is 12.1 Å². The van der Waals surface area contributed by atoms with Crippen molar-refractivity contribution in [3.05, 3.63) is 46.4 Å². The van der Waals surface area contributed by atoms with Gasteiger partial charge in [0.1, 0.15) is 29.4 Å². The molecule has 0 bridgehead atoms. The maximum Gasteiger partial charge on any atom is 0.157 e. The van der Waals surface area contributed by atoms with Crippen molar-refractivity contribution in [3.8, 4) is 11.8 Å².